The van der Waals surface area contributed by atoms with Gasteiger partial charge in [0.05, 0.1) is 0 Å². The Bertz CT molecular complexity index is 577. The van der Waals surface area contributed by atoms with Crippen molar-refractivity contribution in [3.05, 3.63) is 47.2 Å². The van der Waals surface area contributed by atoms with E-state index in [2.05, 4.69) is 5.32 Å². The molecule has 1 heterocycles. The predicted octanol–water partition coefficient (Wildman–Crippen LogP) is 2.60. The quantitative estimate of drug-likeness (QED) is 0.853. The highest BCUT2D eigenvalue weighted by Crippen LogP contribution is 2.23. The van der Waals surface area contributed by atoms with Gasteiger partial charge in [0.1, 0.15) is 11.6 Å². The molecule has 2 aromatic rings. The van der Waals surface area contributed by atoms with Crippen LogP contribution in [0.3, 0.4) is 0 Å². The van der Waals surface area contributed by atoms with Gasteiger partial charge >= 0.3 is 0 Å². The molecular weight excluding hydrogens is 228 g/mol. The van der Waals surface area contributed by atoms with Crippen molar-refractivity contribution in [2.75, 3.05) is 5.32 Å². The number of aromatic hydroxyl groups is 1. The molecule has 2 N–H and O–H groups in total. The van der Waals surface area contributed by atoms with Gasteiger partial charge in [0.15, 0.2) is 0 Å². The van der Waals surface area contributed by atoms with Gasteiger partial charge in [-0.3, -0.25) is 4.79 Å². The molecule has 0 bridgehead atoms. The zero-order chi connectivity index (χ0) is 13.3. The van der Waals surface area contributed by atoms with Crippen molar-refractivity contribution in [3.63, 3.8) is 0 Å². The number of rotatable bonds is 2. The molecule has 0 atom stereocenters. The lowest BCUT2D eigenvalue weighted by atomic mass is 10.1. The summed E-state index contributed by atoms with van der Waals surface area (Å²) in [7, 11) is 1.86. The minimum Gasteiger partial charge on any atom is -0.507 e. The number of nitrogens with one attached hydrogen (secondary N) is 1. The summed E-state index contributed by atoms with van der Waals surface area (Å²) in [5.74, 6) is 0.803. The average molecular weight is 244 g/mol. The highest BCUT2D eigenvalue weighted by molar-refractivity contribution is 6.04. The number of phenolic OH excluding ortho intramolecular Hbond substituents is 1. The number of phenols is 1. The molecule has 0 saturated carbocycles. The molecule has 4 nitrogen and oxygen atoms in total. The zero-order valence-electron chi connectivity index (χ0n) is 10.7. The first-order chi connectivity index (χ1) is 8.49. The van der Waals surface area contributed by atoms with E-state index in [1.807, 2.05) is 29.9 Å². The van der Waals surface area contributed by atoms with Crippen LogP contribution in [0.2, 0.25) is 0 Å². The number of benzene rings is 1. The van der Waals surface area contributed by atoms with Crippen LogP contribution in [0.1, 0.15) is 21.5 Å². The van der Waals surface area contributed by atoms with Gasteiger partial charge in [-0.15, -0.1) is 0 Å². The Kier molecular flexibility index (Phi) is 3.10. The van der Waals surface area contributed by atoms with E-state index in [0.717, 1.165) is 5.82 Å². The summed E-state index contributed by atoms with van der Waals surface area (Å²) in [5.41, 5.74) is 1.95. The zero-order valence-corrected chi connectivity index (χ0v) is 10.7. The maximum absolute atomic E-state index is 12.1. The number of hydrogen-bond donors (Lipinski definition) is 2. The molecule has 94 valence electrons. The number of nitrogens with zero attached hydrogens (tertiary/aromatic N) is 1. The Morgan fingerprint density at radius 1 is 1.28 bits per heavy atom. The summed E-state index contributed by atoms with van der Waals surface area (Å²) in [4.78, 5) is 12.1. The topological polar surface area (TPSA) is 54.3 Å². The van der Waals surface area contributed by atoms with Gasteiger partial charge in [0, 0.05) is 18.8 Å². The summed E-state index contributed by atoms with van der Waals surface area (Å²) < 4.78 is 1.83. The number of aryl methyl sites for hydroxylation is 3. The Morgan fingerprint density at radius 2 is 1.89 bits per heavy atom. The monoisotopic (exact) mass is 244 g/mol. The van der Waals surface area contributed by atoms with Crippen molar-refractivity contribution in [2.45, 2.75) is 13.8 Å². The molecule has 2 rings (SSSR count). The average Bonchev–Trinajstić information content (AvgIpc) is 2.71. The van der Waals surface area contributed by atoms with E-state index >= 15 is 0 Å². The van der Waals surface area contributed by atoms with Crippen LogP contribution in [0.4, 0.5) is 5.82 Å². The first-order valence-corrected chi connectivity index (χ1v) is 5.72. The molecule has 0 unspecified atom stereocenters. The minimum absolute atomic E-state index is 0.178. The Labute approximate surface area is 106 Å². The molecule has 0 saturated heterocycles. The van der Waals surface area contributed by atoms with Crippen molar-refractivity contribution < 1.29 is 9.90 Å². The largest absolute Gasteiger partial charge is 0.507 e. The van der Waals surface area contributed by atoms with Crippen LogP contribution in [-0.2, 0) is 7.05 Å². The number of amides is 1. The molecule has 1 amide bonds. The Balaban J connectivity index is 2.27. The molecule has 0 radical (unpaired) electrons. The second-order valence-corrected chi connectivity index (χ2v) is 4.42. The summed E-state index contributed by atoms with van der Waals surface area (Å²) in [6.45, 7) is 3.56. The van der Waals surface area contributed by atoms with Crippen LogP contribution in [0.25, 0.3) is 0 Å². The number of aromatic nitrogens is 1. The summed E-state index contributed by atoms with van der Waals surface area (Å²) in [6.07, 6.45) is 1.86. The highest BCUT2D eigenvalue weighted by Gasteiger charge is 2.11. The van der Waals surface area contributed by atoms with Gasteiger partial charge in [-0.1, -0.05) is 0 Å². The molecular formula is C14H16N2O2. The van der Waals surface area contributed by atoms with E-state index in [4.69, 9.17) is 0 Å². The van der Waals surface area contributed by atoms with E-state index in [1.165, 1.54) is 0 Å². The molecule has 4 heteroatoms. The van der Waals surface area contributed by atoms with Crippen molar-refractivity contribution in [1.29, 1.82) is 0 Å². The lowest BCUT2D eigenvalue weighted by Crippen LogP contribution is -2.14. The lowest BCUT2D eigenvalue weighted by molar-refractivity contribution is 0.102. The second kappa shape index (κ2) is 4.56. The van der Waals surface area contributed by atoms with Crippen molar-refractivity contribution in [3.8, 4) is 5.75 Å². The van der Waals surface area contributed by atoms with E-state index in [0.29, 0.717) is 16.7 Å². The van der Waals surface area contributed by atoms with Crippen molar-refractivity contribution in [2.24, 2.45) is 7.05 Å². The van der Waals surface area contributed by atoms with Gasteiger partial charge in [0.25, 0.3) is 5.91 Å². The van der Waals surface area contributed by atoms with Gasteiger partial charge < -0.3 is 15.0 Å². The highest BCUT2D eigenvalue weighted by atomic mass is 16.3. The van der Waals surface area contributed by atoms with Crippen LogP contribution in [0.15, 0.2) is 30.5 Å². The first kappa shape index (κ1) is 12.2. The van der Waals surface area contributed by atoms with Crippen molar-refractivity contribution >= 4 is 11.7 Å². The lowest BCUT2D eigenvalue weighted by Gasteiger charge is -2.09. The minimum atomic E-state index is -0.178. The standard InChI is InChI=1S/C14H16N2O2/c1-9-7-11(8-10(2)13(9)17)14(18)15-12-5-4-6-16(12)3/h4-8,17H,1-3H3,(H,15,18). The third kappa shape index (κ3) is 2.22. The molecule has 0 fully saturated rings. The molecule has 1 aromatic heterocycles. The van der Waals surface area contributed by atoms with E-state index in [9.17, 15) is 9.90 Å². The molecule has 0 aliphatic carbocycles. The molecule has 1 aromatic carbocycles. The van der Waals surface area contributed by atoms with Crippen LogP contribution in [0, 0.1) is 13.8 Å². The normalized spacial score (nSPS) is 10.4. The van der Waals surface area contributed by atoms with Gasteiger partial charge in [-0.2, -0.15) is 0 Å². The third-order valence-electron chi connectivity index (χ3n) is 2.94. The smallest absolute Gasteiger partial charge is 0.256 e. The van der Waals surface area contributed by atoms with Crippen LogP contribution in [-0.4, -0.2) is 15.6 Å². The molecule has 0 aliphatic rings. The fourth-order valence-corrected chi connectivity index (χ4v) is 1.87. The number of carbonyl (C=O) groups is 1. The first-order valence-electron chi connectivity index (χ1n) is 5.72. The molecule has 0 spiro atoms. The SMILES string of the molecule is Cc1cc(C(=O)Nc2cccn2C)cc(C)c1O. The number of hydrogen-bond acceptors (Lipinski definition) is 2. The van der Waals surface area contributed by atoms with E-state index in [-0.39, 0.29) is 11.7 Å². The van der Waals surface area contributed by atoms with Crippen LogP contribution < -0.4 is 5.32 Å². The fraction of sp³-hybridized carbons (Fsp3) is 0.214. The predicted molar refractivity (Wildman–Crippen MR) is 70.9 cm³/mol. The Hall–Kier alpha value is -2.23. The fourth-order valence-electron chi connectivity index (χ4n) is 1.87. The maximum Gasteiger partial charge on any atom is 0.256 e. The summed E-state index contributed by atoms with van der Waals surface area (Å²) in [5, 5.41) is 12.5. The van der Waals surface area contributed by atoms with Crippen molar-refractivity contribution in [1.82, 2.24) is 4.57 Å². The van der Waals surface area contributed by atoms with Gasteiger partial charge in [0.2, 0.25) is 0 Å². The van der Waals surface area contributed by atoms with Crippen LogP contribution >= 0.6 is 0 Å². The third-order valence-corrected chi connectivity index (χ3v) is 2.94. The van der Waals surface area contributed by atoms with Crippen LogP contribution in [0.5, 0.6) is 5.75 Å². The Morgan fingerprint density at radius 3 is 2.39 bits per heavy atom. The van der Waals surface area contributed by atoms with Gasteiger partial charge in [-0.25, -0.2) is 0 Å². The number of anilines is 1. The molecule has 18 heavy (non-hydrogen) atoms. The van der Waals surface area contributed by atoms with Gasteiger partial charge in [-0.05, 0) is 49.2 Å². The van der Waals surface area contributed by atoms with E-state index < -0.39 is 0 Å². The number of carbonyl (C=O) groups excluding carboxylic acids is 1. The summed E-state index contributed by atoms with van der Waals surface area (Å²) >= 11 is 0. The van der Waals surface area contributed by atoms with E-state index in [1.54, 1.807) is 26.0 Å². The maximum atomic E-state index is 12.1. The second-order valence-electron chi connectivity index (χ2n) is 4.42. The molecule has 0 aliphatic heterocycles. The summed E-state index contributed by atoms with van der Waals surface area (Å²) in [6, 6.07) is 7.06.